The smallest absolute Gasteiger partial charge is 0.237 e. The highest BCUT2D eigenvalue weighted by molar-refractivity contribution is 6.31. The van der Waals surface area contributed by atoms with Gasteiger partial charge in [0.2, 0.25) is 5.91 Å². The third kappa shape index (κ3) is 6.15. The zero-order valence-corrected chi connectivity index (χ0v) is 22.2. The van der Waals surface area contributed by atoms with Crippen LogP contribution in [0.15, 0.2) is 103 Å². The number of hydrogen-bond donors (Lipinski definition) is 0. The number of carbonyl (C=O) groups is 1. The Labute approximate surface area is 229 Å². The molecule has 1 heterocycles. The topological polar surface area (TPSA) is 23.6 Å². The lowest BCUT2D eigenvalue weighted by molar-refractivity contribution is -0.133. The average molecular weight is 527 g/mol. The van der Waals surface area contributed by atoms with E-state index in [0.717, 1.165) is 31.4 Å². The third-order valence-corrected chi connectivity index (χ3v) is 7.67. The van der Waals surface area contributed by atoms with Crippen LogP contribution in [0.4, 0.5) is 4.39 Å². The van der Waals surface area contributed by atoms with Gasteiger partial charge in [0, 0.05) is 30.2 Å². The standard InChI is InChI=1S/C33H32ClFN2O/c34-30-18-8-7-17-29(30)33-28-16-6-4-14-26(28)20-22-37(33)24-32(38)36(23-27-15-5-9-19-31(27)35)21-10-13-25-11-2-1-3-12-25/h1-9,11-12,14-19,33H,10,13,20-24H2. The van der Waals surface area contributed by atoms with Crippen LogP contribution in [0.3, 0.4) is 0 Å². The minimum Gasteiger partial charge on any atom is -0.337 e. The largest absolute Gasteiger partial charge is 0.337 e. The fourth-order valence-electron chi connectivity index (χ4n) is 5.37. The van der Waals surface area contributed by atoms with E-state index in [2.05, 4.69) is 35.2 Å². The quantitative estimate of drug-likeness (QED) is 0.232. The summed E-state index contributed by atoms with van der Waals surface area (Å²) in [6.07, 6.45) is 2.54. The zero-order chi connectivity index (χ0) is 26.3. The number of amides is 1. The fourth-order valence-corrected chi connectivity index (χ4v) is 5.61. The van der Waals surface area contributed by atoms with Crippen molar-refractivity contribution in [3.05, 3.63) is 142 Å². The fraction of sp³-hybridized carbons (Fsp3) is 0.242. The lowest BCUT2D eigenvalue weighted by Gasteiger charge is -2.38. The summed E-state index contributed by atoms with van der Waals surface area (Å²) in [7, 11) is 0. The van der Waals surface area contributed by atoms with E-state index in [1.807, 2.05) is 59.5 Å². The summed E-state index contributed by atoms with van der Waals surface area (Å²) in [4.78, 5) is 17.9. The molecular weight excluding hydrogens is 495 g/mol. The molecule has 0 spiro atoms. The van der Waals surface area contributed by atoms with Crippen LogP contribution in [-0.2, 0) is 24.2 Å². The van der Waals surface area contributed by atoms with Gasteiger partial charge in [-0.2, -0.15) is 0 Å². The molecule has 5 heteroatoms. The lowest BCUT2D eigenvalue weighted by Crippen LogP contribution is -2.45. The minimum atomic E-state index is -0.283. The van der Waals surface area contributed by atoms with Gasteiger partial charge in [0.25, 0.3) is 0 Å². The number of aryl methyl sites for hydroxylation is 1. The number of fused-ring (bicyclic) bond motifs is 1. The van der Waals surface area contributed by atoms with Crippen LogP contribution in [0.25, 0.3) is 0 Å². The van der Waals surface area contributed by atoms with Crippen LogP contribution in [0, 0.1) is 5.82 Å². The molecule has 38 heavy (non-hydrogen) atoms. The van der Waals surface area contributed by atoms with E-state index in [4.69, 9.17) is 11.6 Å². The summed E-state index contributed by atoms with van der Waals surface area (Å²) >= 11 is 6.68. The summed E-state index contributed by atoms with van der Waals surface area (Å²) in [5, 5.41) is 0.692. The molecule has 1 aliphatic heterocycles. The van der Waals surface area contributed by atoms with Gasteiger partial charge in [-0.15, -0.1) is 0 Å². The van der Waals surface area contributed by atoms with Crippen molar-refractivity contribution < 1.29 is 9.18 Å². The molecule has 5 rings (SSSR count). The van der Waals surface area contributed by atoms with E-state index in [-0.39, 0.29) is 30.9 Å². The van der Waals surface area contributed by atoms with Gasteiger partial charge in [-0.25, -0.2) is 4.39 Å². The van der Waals surface area contributed by atoms with Crippen LogP contribution < -0.4 is 0 Å². The van der Waals surface area contributed by atoms with E-state index < -0.39 is 0 Å². The molecule has 0 saturated carbocycles. The molecule has 0 saturated heterocycles. The second-order valence-corrected chi connectivity index (χ2v) is 10.2. The molecule has 4 aromatic carbocycles. The second-order valence-electron chi connectivity index (χ2n) is 9.84. The molecule has 4 aromatic rings. The normalized spacial score (nSPS) is 15.2. The number of rotatable bonds is 9. The Bertz CT molecular complexity index is 1380. The van der Waals surface area contributed by atoms with Crippen molar-refractivity contribution in [3.63, 3.8) is 0 Å². The van der Waals surface area contributed by atoms with Gasteiger partial charge < -0.3 is 4.90 Å². The lowest BCUT2D eigenvalue weighted by atomic mass is 9.88. The van der Waals surface area contributed by atoms with Gasteiger partial charge in [-0.3, -0.25) is 9.69 Å². The van der Waals surface area contributed by atoms with Gasteiger partial charge in [0.15, 0.2) is 0 Å². The number of nitrogens with zero attached hydrogens (tertiary/aromatic N) is 2. The van der Waals surface area contributed by atoms with Crippen molar-refractivity contribution in [2.75, 3.05) is 19.6 Å². The third-order valence-electron chi connectivity index (χ3n) is 7.33. The molecule has 3 nitrogen and oxygen atoms in total. The SMILES string of the molecule is O=C(CN1CCc2ccccc2C1c1ccccc1Cl)N(CCCc1ccccc1)Cc1ccccc1F. The summed E-state index contributed by atoms with van der Waals surface area (Å²) in [5.74, 6) is -0.285. The summed E-state index contributed by atoms with van der Waals surface area (Å²) < 4.78 is 14.6. The van der Waals surface area contributed by atoms with Crippen molar-refractivity contribution in [1.29, 1.82) is 0 Å². The molecule has 1 aliphatic rings. The maximum absolute atomic E-state index is 14.6. The number of carbonyl (C=O) groups excluding carboxylic acids is 1. The predicted molar refractivity (Wildman–Crippen MR) is 152 cm³/mol. The second kappa shape index (κ2) is 12.4. The van der Waals surface area contributed by atoms with Crippen LogP contribution >= 0.6 is 11.6 Å². The highest BCUT2D eigenvalue weighted by Crippen LogP contribution is 2.38. The predicted octanol–water partition coefficient (Wildman–Crippen LogP) is 7.09. The molecule has 0 radical (unpaired) electrons. The van der Waals surface area contributed by atoms with E-state index >= 15 is 0 Å². The van der Waals surface area contributed by atoms with Gasteiger partial charge in [-0.1, -0.05) is 103 Å². The Morgan fingerprint density at radius 1 is 0.868 bits per heavy atom. The van der Waals surface area contributed by atoms with Crippen molar-refractivity contribution in [1.82, 2.24) is 9.80 Å². The average Bonchev–Trinajstić information content (AvgIpc) is 2.94. The molecule has 0 N–H and O–H groups in total. The first-order valence-corrected chi connectivity index (χ1v) is 13.6. The first kappa shape index (κ1) is 26.1. The molecule has 0 bridgehead atoms. The van der Waals surface area contributed by atoms with E-state index in [9.17, 15) is 9.18 Å². The molecule has 0 fully saturated rings. The first-order valence-electron chi connectivity index (χ1n) is 13.2. The summed E-state index contributed by atoms with van der Waals surface area (Å²) in [6, 6.07) is 33.1. The molecule has 0 aromatic heterocycles. The summed E-state index contributed by atoms with van der Waals surface area (Å²) in [6.45, 7) is 1.80. The van der Waals surface area contributed by atoms with Gasteiger partial charge in [0.1, 0.15) is 5.82 Å². The molecule has 194 valence electrons. The number of halogens is 2. The Morgan fingerprint density at radius 2 is 1.55 bits per heavy atom. The van der Waals surface area contributed by atoms with Crippen LogP contribution in [-0.4, -0.2) is 35.3 Å². The van der Waals surface area contributed by atoms with Crippen molar-refractivity contribution >= 4 is 17.5 Å². The van der Waals surface area contributed by atoms with Crippen molar-refractivity contribution in [3.8, 4) is 0 Å². The van der Waals surface area contributed by atoms with Gasteiger partial charge >= 0.3 is 0 Å². The van der Waals surface area contributed by atoms with E-state index in [1.54, 1.807) is 12.1 Å². The van der Waals surface area contributed by atoms with Crippen LogP contribution in [0.1, 0.15) is 40.3 Å². The van der Waals surface area contributed by atoms with Crippen molar-refractivity contribution in [2.45, 2.75) is 31.8 Å². The minimum absolute atomic E-state index is 0.00208. The van der Waals surface area contributed by atoms with E-state index in [1.165, 1.54) is 22.8 Å². The van der Waals surface area contributed by atoms with Gasteiger partial charge in [0.05, 0.1) is 12.6 Å². The summed E-state index contributed by atoms with van der Waals surface area (Å²) in [5.41, 5.74) is 5.24. The maximum Gasteiger partial charge on any atom is 0.237 e. The number of hydrogen-bond acceptors (Lipinski definition) is 2. The number of benzene rings is 4. The first-order chi connectivity index (χ1) is 18.6. The Kier molecular flexibility index (Phi) is 8.52. The van der Waals surface area contributed by atoms with Crippen LogP contribution in [0.2, 0.25) is 5.02 Å². The Balaban J connectivity index is 1.38. The Morgan fingerprint density at radius 3 is 2.34 bits per heavy atom. The molecule has 0 aliphatic carbocycles. The van der Waals surface area contributed by atoms with Gasteiger partial charge in [-0.05, 0) is 53.6 Å². The zero-order valence-electron chi connectivity index (χ0n) is 21.4. The highest BCUT2D eigenvalue weighted by Gasteiger charge is 2.32. The van der Waals surface area contributed by atoms with Crippen molar-refractivity contribution in [2.24, 2.45) is 0 Å². The Hall–Kier alpha value is -3.47. The van der Waals surface area contributed by atoms with E-state index in [0.29, 0.717) is 17.1 Å². The van der Waals surface area contributed by atoms with Crippen LogP contribution in [0.5, 0.6) is 0 Å². The molecule has 1 atom stereocenters. The molecular formula is C33H32ClFN2O. The molecule has 1 amide bonds. The maximum atomic E-state index is 14.6. The highest BCUT2D eigenvalue weighted by atomic mass is 35.5. The monoisotopic (exact) mass is 526 g/mol. The molecule has 1 unspecified atom stereocenters.